The van der Waals surface area contributed by atoms with Crippen LogP contribution in [0.3, 0.4) is 0 Å². The molecule has 1 aromatic heterocycles. The van der Waals surface area contributed by atoms with Crippen LogP contribution in [0.15, 0.2) is 36.4 Å². The molecule has 0 aliphatic carbocycles. The molecule has 0 fully saturated rings. The maximum absolute atomic E-state index is 12.5. The summed E-state index contributed by atoms with van der Waals surface area (Å²) in [5.74, 6) is 0. The average molecular weight is 506 g/mol. The zero-order valence-corrected chi connectivity index (χ0v) is 15.5. The molecule has 3 rings (SSSR count). The molecule has 0 saturated carbocycles. The number of aryl methyl sites for hydroxylation is 1. The molecule has 1 heterocycles. The van der Waals surface area contributed by atoms with Crippen molar-refractivity contribution in [3.05, 3.63) is 42.5 Å². The zero-order valence-electron chi connectivity index (χ0n) is 11.3. The fourth-order valence-electron chi connectivity index (χ4n) is 2.64. The van der Waals surface area contributed by atoms with Gasteiger partial charge in [0.1, 0.15) is 0 Å². The van der Waals surface area contributed by atoms with Gasteiger partial charge in [-0.15, -0.1) is 6.07 Å². The summed E-state index contributed by atoms with van der Waals surface area (Å²) in [6.45, 7) is 0.259. The molecule has 1 amide bonds. The third kappa shape index (κ3) is 2.86. The summed E-state index contributed by atoms with van der Waals surface area (Å²) in [6, 6.07) is 14.6. The number of halogens is 1. The summed E-state index contributed by atoms with van der Waals surface area (Å²) >= 11 is 0. The molecule has 2 aromatic carbocycles. The van der Waals surface area contributed by atoms with Gasteiger partial charge in [-0.25, -0.2) is 5.69 Å². The largest absolute Gasteiger partial charge is 2.00 e. The molecule has 0 radical (unpaired) electrons. The molecule has 0 atom stereocenters. The molecule has 0 aliphatic heterocycles. The Hall–Kier alpha value is -1.31. The number of benzene rings is 2. The monoisotopic (exact) mass is 506 g/mol. The van der Waals surface area contributed by atoms with Crippen LogP contribution in [0.1, 0.15) is 6.42 Å². The first-order valence-corrected chi connectivity index (χ1v) is 6.47. The van der Waals surface area contributed by atoms with E-state index < -0.39 is 0 Å². The Bertz CT molecular complexity index is 769. The second-order valence-corrected chi connectivity index (χ2v) is 4.55. The minimum absolute atomic E-state index is 0. The Morgan fingerprint density at radius 2 is 2.05 bits per heavy atom. The molecule has 0 unspecified atom stereocenters. The van der Waals surface area contributed by atoms with Gasteiger partial charge in [0, 0.05) is 12.1 Å². The van der Waals surface area contributed by atoms with Gasteiger partial charge < -0.3 is 14.7 Å². The van der Waals surface area contributed by atoms with Gasteiger partial charge in [0.05, 0.1) is 13.1 Å². The third-order valence-corrected chi connectivity index (χ3v) is 3.42. The van der Waals surface area contributed by atoms with Crippen molar-refractivity contribution in [1.82, 2.24) is 4.57 Å². The van der Waals surface area contributed by atoms with Crippen LogP contribution in [-0.4, -0.2) is 17.7 Å². The molecule has 0 bridgehead atoms. The van der Waals surface area contributed by atoms with Crippen molar-refractivity contribution in [3.63, 3.8) is 0 Å². The Morgan fingerprint density at radius 3 is 2.81 bits per heavy atom. The standard InChI is InChI=1S/C16H13FN2O.U/c17-9-4-10-19-14-7-2-1-5-12(14)16-13(18-11-20)6-3-8-15(16)19;/h1-3,5,7-8H,4,9-10H2,(H,18,20);/q-2;+2. The number of alkyl halides is 1. The van der Waals surface area contributed by atoms with Crippen LogP contribution in [0.25, 0.3) is 21.8 Å². The SMILES string of the molecule is O=[C-]Nc1[c-]ccc2c1c1ccccc1n2CCCF.[U+2]. The number of amides is 1. The number of nitrogens with zero attached hydrogens (tertiary/aromatic N) is 1. The van der Waals surface area contributed by atoms with Gasteiger partial charge in [-0.3, -0.25) is 10.5 Å². The number of fused-ring (bicyclic) bond motifs is 3. The van der Waals surface area contributed by atoms with Crippen molar-refractivity contribution >= 4 is 33.9 Å². The molecule has 0 aliphatic rings. The van der Waals surface area contributed by atoms with Gasteiger partial charge in [-0.1, -0.05) is 29.1 Å². The average Bonchev–Trinajstić information content (AvgIpc) is 2.80. The molecule has 3 aromatic rings. The predicted molar refractivity (Wildman–Crippen MR) is 78.2 cm³/mol. The maximum Gasteiger partial charge on any atom is 2.00 e. The van der Waals surface area contributed by atoms with E-state index in [4.69, 9.17) is 0 Å². The minimum atomic E-state index is -0.347. The van der Waals surface area contributed by atoms with Crippen LogP contribution in [-0.2, 0) is 11.3 Å². The van der Waals surface area contributed by atoms with Gasteiger partial charge in [0.15, 0.2) is 0 Å². The zero-order chi connectivity index (χ0) is 13.9. The van der Waals surface area contributed by atoms with Crippen LogP contribution in [0.4, 0.5) is 10.1 Å². The molecule has 0 spiro atoms. The normalized spacial score (nSPS) is 10.5. The topological polar surface area (TPSA) is 34.0 Å². The quantitative estimate of drug-likeness (QED) is 0.418. The first-order valence-electron chi connectivity index (χ1n) is 6.47. The number of aromatic nitrogens is 1. The van der Waals surface area contributed by atoms with Crippen molar-refractivity contribution in [1.29, 1.82) is 0 Å². The van der Waals surface area contributed by atoms with Crippen LogP contribution in [0.2, 0.25) is 0 Å². The van der Waals surface area contributed by atoms with Crippen molar-refractivity contribution in [2.75, 3.05) is 12.0 Å². The van der Waals surface area contributed by atoms with Crippen LogP contribution in [0, 0.1) is 37.2 Å². The van der Waals surface area contributed by atoms with Crippen LogP contribution >= 0.6 is 0 Å². The molecule has 104 valence electrons. The summed E-state index contributed by atoms with van der Waals surface area (Å²) in [4.78, 5) is 10.6. The van der Waals surface area contributed by atoms with E-state index in [1.807, 2.05) is 30.3 Å². The van der Waals surface area contributed by atoms with E-state index in [1.54, 1.807) is 12.5 Å². The summed E-state index contributed by atoms with van der Waals surface area (Å²) in [6.07, 6.45) is 2.16. The molecule has 3 nitrogen and oxygen atoms in total. The molecule has 21 heavy (non-hydrogen) atoms. The fourth-order valence-corrected chi connectivity index (χ4v) is 2.64. The second-order valence-electron chi connectivity index (χ2n) is 4.55. The van der Waals surface area contributed by atoms with E-state index in [9.17, 15) is 9.18 Å². The molecule has 5 heteroatoms. The Balaban J connectivity index is 0.00000161. The van der Waals surface area contributed by atoms with Gasteiger partial charge >= 0.3 is 31.1 Å². The van der Waals surface area contributed by atoms with Crippen molar-refractivity contribution in [2.24, 2.45) is 0 Å². The Morgan fingerprint density at radius 1 is 1.24 bits per heavy atom. The predicted octanol–water partition coefficient (Wildman–Crippen LogP) is 3.43. The summed E-state index contributed by atoms with van der Waals surface area (Å²) in [5.41, 5.74) is 2.60. The Labute approximate surface area is 145 Å². The van der Waals surface area contributed by atoms with E-state index in [2.05, 4.69) is 16.0 Å². The molecular weight excluding hydrogens is 493 g/mol. The first kappa shape index (κ1) is 16.1. The fraction of sp³-hybridized carbons (Fsp3) is 0.188. The number of hydrogen-bond acceptors (Lipinski definition) is 1. The van der Waals surface area contributed by atoms with Gasteiger partial charge in [-0.2, -0.15) is 11.5 Å². The van der Waals surface area contributed by atoms with E-state index in [1.165, 1.54) is 0 Å². The van der Waals surface area contributed by atoms with Crippen LogP contribution < -0.4 is 5.32 Å². The summed E-state index contributed by atoms with van der Waals surface area (Å²) < 4.78 is 14.6. The van der Waals surface area contributed by atoms with E-state index in [-0.39, 0.29) is 37.8 Å². The molecule has 0 saturated heterocycles. The Kier molecular flexibility index (Phi) is 5.44. The number of nitrogens with one attached hydrogen (secondary N) is 1. The van der Waals surface area contributed by atoms with Crippen molar-refractivity contribution in [2.45, 2.75) is 13.0 Å². The molecular formula is C16H13FN2OU. The summed E-state index contributed by atoms with van der Waals surface area (Å²) in [7, 11) is 0. The number of rotatable bonds is 5. The number of hydrogen-bond donors (Lipinski definition) is 1. The van der Waals surface area contributed by atoms with Gasteiger partial charge in [0.25, 0.3) is 0 Å². The van der Waals surface area contributed by atoms with E-state index >= 15 is 0 Å². The van der Waals surface area contributed by atoms with Gasteiger partial charge in [-0.05, 0) is 12.5 Å². The van der Waals surface area contributed by atoms with Crippen molar-refractivity contribution < 1.29 is 40.3 Å². The number of carbonyl (C=O) groups excluding carboxylic acids is 1. The smallest absolute Gasteiger partial charge is 0.511 e. The van der Waals surface area contributed by atoms with Gasteiger partial charge in [0.2, 0.25) is 0 Å². The number of anilines is 1. The molecule has 1 N–H and O–H groups in total. The minimum Gasteiger partial charge on any atom is -0.511 e. The first-order chi connectivity index (χ1) is 9.86. The summed E-state index contributed by atoms with van der Waals surface area (Å²) in [5, 5.41) is 4.51. The maximum atomic E-state index is 12.5. The third-order valence-electron chi connectivity index (χ3n) is 3.42. The van der Waals surface area contributed by atoms with E-state index in [0.29, 0.717) is 18.7 Å². The second kappa shape index (κ2) is 7.11. The number of para-hydroxylation sites is 1. The van der Waals surface area contributed by atoms with Crippen molar-refractivity contribution in [3.8, 4) is 0 Å². The van der Waals surface area contributed by atoms with E-state index in [0.717, 1.165) is 21.8 Å². The van der Waals surface area contributed by atoms with Crippen LogP contribution in [0.5, 0.6) is 0 Å².